The van der Waals surface area contributed by atoms with E-state index in [1.807, 2.05) is 0 Å². The van der Waals surface area contributed by atoms with Crippen molar-refractivity contribution >= 4 is 39.4 Å². The number of nitrogens with one attached hydrogen (secondary N) is 1. The van der Waals surface area contributed by atoms with E-state index >= 15 is 0 Å². The van der Waals surface area contributed by atoms with Gasteiger partial charge in [0.1, 0.15) is 11.5 Å². The van der Waals surface area contributed by atoms with Gasteiger partial charge in [-0.2, -0.15) is 0 Å². The average Bonchev–Trinajstić information content (AvgIpc) is 3.32. The van der Waals surface area contributed by atoms with E-state index in [0.717, 1.165) is 40.7 Å². The van der Waals surface area contributed by atoms with Gasteiger partial charge in [0.25, 0.3) is 5.56 Å². The maximum Gasteiger partial charge on any atom is 0.341 e. The van der Waals surface area contributed by atoms with E-state index < -0.39 is 23.1 Å². The maximum atomic E-state index is 12.8. The molecule has 3 aromatic heterocycles. The number of rotatable bonds is 5. The van der Waals surface area contributed by atoms with E-state index in [0.29, 0.717) is 10.6 Å². The Bertz CT molecular complexity index is 1310. The summed E-state index contributed by atoms with van der Waals surface area (Å²) in [5.41, 5.74) is 0.749. The summed E-state index contributed by atoms with van der Waals surface area (Å²) in [7, 11) is 2.90. The molecule has 0 spiro atoms. The molecule has 3 heterocycles. The predicted octanol–water partition coefficient (Wildman–Crippen LogP) is 1.19. The zero-order valence-corrected chi connectivity index (χ0v) is 18.4. The Morgan fingerprint density at radius 2 is 1.94 bits per heavy atom. The Morgan fingerprint density at radius 3 is 2.68 bits per heavy atom. The Labute approximate surface area is 181 Å². The highest BCUT2D eigenvalue weighted by Crippen LogP contribution is 2.38. The SMILES string of the molecule is CCOC(=O)c1c(NC(=O)Cn2cnc3c2c(=O)n(C)c(=O)n3C)sc2c1CCCC2. The number of imidazole rings is 1. The number of aromatic nitrogens is 4. The van der Waals surface area contributed by atoms with E-state index in [4.69, 9.17) is 4.74 Å². The summed E-state index contributed by atoms with van der Waals surface area (Å²) in [6.45, 7) is 1.81. The normalized spacial score (nSPS) is 13.3. The van der Waals surface area contributed by atoms with Crippen LogP contribution in [0.3, 0.4) is 0 Å². The summed E-state index contributed by atoms with van der Waals surface area (Å²) in [6, 6.07) is 0. The van der Waals surface area contributed by atoms with Crippen molar-refractivity contribution in [3.05, 3.63) is 43.2 Å². The summed E-state index contributed by atoms with van der Waals surface area (Å²) < 4.78 is 8.86. The molecule has 3 aromatic rings. The van der Waals surface area contributed by atoms with Crippen molar-refractivity contribution in [2.75, 3.05) is 11.9 Å². The van der Waals surface area contributed by atoms with Crippen LogP contribution in [0.1, 0.15) is 40.6 Å². The Hall–Kier alpha value is -3.21. The quantitative estimate of drug-likeness (QED) is 0.590. The fraction of sp³-hybridized carbons (Fsp3) is 0.450. The lowest BCUT2D eigenvalue weighted by atomic mass is 9.95. The number of esters is 1. The number of aryl methyl sites for hydroxylation is 2. The smallest absolute Gasteiger partial charge is 0.341 e. The average molecular weight is 446 g/mol. The van der Waals surface area contributed by atoms with Crippen molar-refractivity contribution in [3.8, 4) is 0 Å². The van der Waals surface area contributed by atoms with Gasteiger partial charge >= 0.3 is 11.7 Å². The number of nitrogens with zero attached hydrogens (tertiary/aromatic N) is 4. The van der Waals surface area contributed by atoms with Gasteiger partial charge in [-0.25, -0.2) is 14.6 Å². The van der Waals surface area contributed by atoms with Crippen molar-refractivity contribution in [1.82, 2.24) is 18.7 Å². The molecule has 0 aromatic carbocycles. The van der Waals surface area contributed by atoms with Gasteiger partial charge in [0.05, 0.1) is 18.5 Å². The minimum absolute atomic E-state index is 0.163. The predicted molar refractivity (Wildman–Crippen MR) is 116 cm³/mol. The molecule has 0 fully saturated rings. The van der Waals surface area contributed by atoms with Crippen LogP contribution in [-0.2, 0) is 43.0 Å². The van der Waals surface area contributed by atoms with Gasteiger partial charge in [-0.15, -0.1) is 11.3 Å². The molecule has 1 N–H and O–H groups in total. The third-order valence-corrected chi connectivity index (χ3v) is 6.64. The second kappa shape index (κ2) is 8.14. The number of anilines is 1. The fourth-order valence-corrected chi connectivity index (χ4v) is 5.20. The first-order valence-electron chi connectivity index (χ1n) is 10.1. The Morgan fingerprint density at radius 1 is 1.19 bits per heavy atom. The number of hydrogen-bond donors (Lipinski definition) is 1. The lowest BCUT2D eigenvalue weighted by Gasteiger charge is -2.12. The molecule has 1 aliphatic rings. The number of amides is 1. The highest BCUT2D eigenvalue weighted by Gasteiger charge is 2.27. The monoisotopic (exact) mass is 445 g/mol. The molecule has 164 valence electrons. The summed E-state index contributed by atoms with van der Waals surface area (Å²) in [5.74, 6) is -0.839. The molecule has 4 rings (SSSR count). The van der Waals surface area contributed by atoms with E-state index in [9.17, 15) is 19.2 Å². The van der Waals surface area contributed by atoms with E-state index in [1.54, 1.807) is 6.92 Å². The molecule has 0 unspecified atom stereocenters. The number of carbonyl (C=O) groups excluding carboxylic acids is 2. The van der Waals surface area contributed by atoms with Gasteiger partial charge < -0.3 is 14.6 Å². The van der Waals surface area contributed by atoms with E-state index in [2.05, 4.69) is 10.3 Å². The number of carbonyl (C=O) groups is 2. The minimum atomic E-state index is -0.526. The molecule has 0 aliphatic heterocycles. The maximum absolute atomic E-state index is 12.8. The van der Waals surface area contributed by atoms with Crippen LogP contribution in [0.4, 0.5) is 5.00 Å². The van der Waals surface area contributed by atoms with Crippen LogP contribution in [0.15, 0.2) is 15.9 Å². The highest BCUT2D eigenvalue weighted by molar-refractivity contribution is 7.17. The van der Waals surface area contributed by atoms with Crippen molar-refractivity contribution in [2.45, 2.75) is 39.2 Å². The molecule has 1 aliphatic carbocycles. The third-order valence-electron chi connectivity index (χ3n) is 5.43. The second-order valence-corrected chi connectivity index (χ2v) is 8.54. The minimum Gasteiger partial charge on any atom is -0.462 e. The third kappa shape index (κ3) is 3.58. The van der Waals surface area contributed by atoms with Gasteiger partial charge in [-0.1, -0.05) is 0 Å². The molecule has 31 heavy (non-hydrogen) atoms. The fourth-order valence-electron chi connectivity index (χ4n) is 3.91. The van der Waals surface area contributed by atoms with E-state index in [-0.39, 0.29) is 24.3 Å². The summed E-state index contributed by atoms with van der Waals surface area (Å²) in [4.78, 5) is 55.3. The Kier molecular flexibility index (Phi) is 5.52. The van der Waals surface area contributed by atoms with E-state index in [1.165, 1.54) is 40.9 Å². The lowest BCUT2D eigenvalue weighted by molar-refractivity contribution is -0.116. The molecule has 0 saturated carbocycles. The largest absolute Gasteiger partial charge is 0.462 e. The van der Waals surface area contributed by atoms with Gasteiger partial charge in [0, 0.05) is 19.0 Å². The van der Waals surface area contributed by atoms with Crippen LogP contribution in [0, 0.1) is 0 Å². The molecular weight excluding hydrogens is 422 g/mol. The van der Waals surface area contributed by atoms with Crippen molar-refractivity contribution in [1.29, 1.82) is 0 Å². The number of fused-ring (bicyclic) bond motifs is 2. The summed E-state index contributed by atoms with van der Waals surface area (Å²) in [5, 5.41) is 3.30. The first-order chi connectivity index (χ1) is 14.8. The lowest BCUT2D eigenvalue weighted by Crippen LogP contribution is -2.37. The highest BCUT2D eigenvalue weighted by atomic mass is 32.1. The topological polar surface area (TPSA) is 117 Å². The molecule has 10 nitrogen and oxygen atoms in total. The standard InChI is InChI=1S/C20H23N5O5S/c1-4-30-19(28)14-11-7-5-6-8-12(11)31-17(14)22-13(26)9-25-10-21-16-15(25)18(27)24(3)20(29)23(16)2/h10H,4-9H2,1-3H3,(H,22,26). The van der Waals surface area contributed by atoms with Gasteiger partial charge in [-0.3, -0.25) is 18.7 Å². The molecule has 0 bridgehead atoms. The second-order valence-electron chi connectivity index (χ2n) is 7.43. The zero-order valence-electron chi connectivity index (χ0n) is 17.6. The van der Waals surface area contributed by atoms with Crippen molar-refractivity contribution in [3.63, 3.8) is 0 Å². The van der Waals surface area contributed by atoms with Crippen LogP contribution >= 0.6 is 11.3 Å². The van der Waals surface area contributed by atoms with Crippen LogP contribution in [0.2, 0.25) is 0 Å². The zero-order chi connectivity index (χ0) is 22.3. The summed E-state index contributed by atoms with van der Waals surface area (Å²) >= 11 is 1.40. The first kappa shape index (κ1) is 21.0. The molecular formula is C20H23N5O5S. The molecule has 0 saturated heterocycles. The van der Waals surface area contributed by atoms with Crippen molar-refractivity contribution < 1.29 is 14.3 Å². The number of hydrogen-bond acceptors (Lipinski definition) is 7. The molecule has 11 heteroatoms. The van der Waals surface area contributed by atoms with Gasteiger partial charge in [0.2, 0.25) is 5.91 Å². The molecule has 1 amide bonds. The van der Waals surface area contributed by atoms with Gasteiger partial charge in [-0.05, 0) is 38.2 Å². The molecule has 0 atom stereocenters. The van der Waals surface area contributed by atoms with Crippen LogP contribution < -0.4 is 16.6 Å². The summed E-state index contributed by atoms with van der Waals surface area (Å²) in [6.07, 6.45) is 5.06. The van der Waals surface area contributed by atoms with Crippen LogP contribution in [0.5, 0.6) is 0 Å². The number of ether oxygens (including phenoxy) is 1. The number of thiophene rings is 1. The van der Waals surface area contributed by atoms with Crippen LogP contribution in [0.25, 0.3) is 11.2 Å². The molecule has 0 radical (unpaired) electrons. The van der Waals surface area contributed by atoms with Gasteiger partial charge in [0.15, 0.2) is 11.2 Å². The Balaban J connectivity index is 1.66. The van der Waals surface area contributed by atoms with Crippen LogP contribution in [-0.4, -0.2) is 37.2 Å². The van der Waals surface area contributed by atoms with Crippen molar-refractivity contribution in [2.24, 2.45) is 14.1 Å². The first-order valence-corrected chi connectivity index (χ1v) is 10.9.